The maximum absolute atomic E-state index is 12.1. The van der Waals surface area contributed by atoms with E-state index in [9.17, 15) is 9.59 Å². The van der Waals surface area contributed by atoms with E-state index >= 15 is 0 Å². The van der Waals surface area contributed by atoms with Gasteiger partial charge in [0.15, 0.2) is 6.61 Å². The molecule has 3 N–H and O–H groups in total. The lowest BCUT2D eigenvalue weighted by atomic mass is 10.1. The van der Waals surface area contributed by atoms with E-state index in [1.54, 1.807) is 6.07 Å². The van der Waals surface area contributed by atoms with Crippen LogP contribution in [-0.4, -0.2) is 32.1 Å². The van der Waals surface area contributed by atoms with E-state index < -0.39 is 18.5 Å². The minimum absolute atomic E-state index is 0.0958. The summed E-state index contributed by atoms with van der Waals surface area (Å²) in [5.74, 6) is -0.923. The molecule has 0 bridgehead atoms. The predicted molar refractivity (Wildman–Crippen MR) is 101 cm³/mol. The summed E-state index contributed by atoms with van der Waals surface area (Å²) in [7, 11) is 1.39. The molecular weight excluding hydrogens is 379 g/mol. The molecule has 0 aliphatic heterocycles. The molecule has 0 saturated heterocycles. The van der Waals surface area contributed by atoms with Crippen LogP contribution in [0.2, 0.25) is 10.0 Å². The first kappa shape index (κ1) is 19.9. The highest BCUT2D eigenvalue weighted by Gasteiger charge is 2.17. The molecule has 2 aromatic rings. The van der Waals surface area contributed by atoms with Crippen molar-refractivity contribution in [2.45, 2.75) is 6.42 Å². The van der Waals surface area contributed by atoms with Crippen molar-refractivity contribution in [1.29, 1.82) is 0 Å². The number of hydrogen-bond acceptors (Lipinski definition) is 5. The molecule has 0 heterocycles. The lowest BCUT2D eigenvalue weighted by molar-refractivity contribution is -0.124. The van der Waals surface area contributed by atoms with Gasteiger partial charge in [-0.2, -0.15) is 0 Å². The number of carbonyl (C=O) groups excluding carboxylic acids is 2. The fourth-order valence-electron chi connectivity index (χ4n) is 2.20. The monoisotopic (exact) mass is 396 g/mol. The van der Waals surface area contributed by atoms with Gasteiger partial charge in [0, 0.05) is 17.6 Å². The molecule has 0 fully saturated rings. The number of esters is 1. The van der Waals surface area contributed by atoms with Crippen LogP contribution in [0, 0.1) is 0 Å². The van der Waals surface area contributed by atoms with E-state index in [0.29, 0.717) is 18.0 Å². The van der Waals surface area contributed by atoms with Crippen LogP contribution in [0.5, 0.6) is 5.75 Å². The molecule has 6 nitrogen and oxygen atoms in total. The van der Waals surface area contributed by atoms with Crippen LogP contribution in [0.25, 0.3) is 0 Å². The van der Waals surface area contributed by atoms with E-state index in [0.717, 1.165) is 5.56 Å². The van der Waals surface area contributed by atoms with Crippen LogP contribution >= 0.6 is 23.2 Å². The van der Waals surface area contributed by atoms with E-state index in [1.807, 2.05) is 18.2 Å². The minimum Gasteiger partial charge on any atom is -0.496 e. The number of benzene rings is 2. The van der Waals surface area contributed by atoms with Gasteiger partial charge in [0.25, 0.3) is 5.91 Å². The summed E-state index contributed by atoms with van der Waals surface area (Å²) in [4.78, 5) is 23.9. The third-order valence-corrected chi connectivity index (χ3v) is 4.06. The van der Waals surface area contributed by atoms with Crippen molar-refractivity contribution in [3.63, 3.8) is 0 Å². The molecule has 0 aliphatic rings. The zero-order valence-electron chi connectivity index (χ0n) is 14.1. The van der Waals surface area contributed by atoms with Crippen molar-refractivity contribution < 1.29 is 19.1 Å². The molecule has 1 amide bonds. The highest BCUT2D eigenvalue weighted by Crippen LogP contribution is 2.29. The lowest BCUT2D eigenvalue weighted by Gasteiger charge is -2.11. The van der Waals surface area contributed by atoms with Crippen LogP contribution < -0.4 is 15.8 Å². The number of amides is 1. The Kier molecular flexibility index (Phi) is 7.12. The average molecular weight is 397 g/mol. The molecule has 0 saturated carbocycles. The van der Waals surface area contributed by atoms with Crippen molar-refractivity contribution in [1.82, 2.24) is 5.32 Å². The maximum atomic E-state index is 12.1. The second kappa shape index (κ2) is 9.31. The maximum Gasteiger partial charge on any atom is 0.342 e. The normalized spacial score (nSPS) is 10.3. The summed E-state index contributed by atoms with van der Waals surface area (Å²) in [5.41, 5.74) is 7.03. The Balaban J connectivity index is 1.83. The molecule has 26 heavy (non-hydrogen) atoms. The van der Waals surface area contributed by atoms with Crippen LogP contribution in [0.4, 0.5) is 5.69 Å². The summed E-state index contributed by atoms with van der Waals surface area (Å²) in [5, 5.41) is 3.51. The van der Waals surface area contributed by atoms with E-state index in [-0.39, 0.29) is 22.0 Å². The molecule has 2 rings (SSSR count). The molecular formula is C18H18Cl2N2O4. The average Bonchev–Trinajstić information content (AvgIpc) is 2.61. The van der Waals surface area contributed by atoms with Crippen molar-refractivity contribution >= 4 is 40.8 Å². The Bertz CT molecular complexity index is 812. The standard InChI is InChI=1S/C18H18Cl2N2O4/c1-25-16-9-15(21)14(20)8-13(16)18(24)26-10-17(23)22-6-5-11-3-2-4-12(19)7-11/h2-4,7-9H,5-6,10,21H2,1H3,(H,22,23). The van der Waals surface area contributed by atoms with E-state index in [2.05, 4.69) is 5.32 Å². The second-order valence-corrected chi connectivity index (χ2v) is 6.22. The minimum atomic E-state index is -0.728. The van der Waals surface area contributed by atoms with Crippen molar-refractivity contribution in [2.75, 3.05) is 26.0 Å². The lowest BCUT2D eigenvalue weighted by Crippen LogP contribution is -2.30. The number of methoxy groups -OCH3 is 1. The largest absolute Gasteiger partial charge is 0.496 e. The summed E-state index contributed by atoms with van der Waals surface area (Å²) >= 11 is 11.8. The third kappa shape index (κ3) is 5.54. The fourth-order valence-corrected chi connectivity index (χ4v) is 2.57. The summed E-state index contributed by atoms with van der Waals surface area (Å²) in [6.45, 7) is -0.0206. The number of hydrogen-bond donors (Lipinski definition) is 2. The van der Waals surface area contributed by atoms with Gasteiger partial charge in [-0.1, -0.05) is 35.3 Å². The molecule has 0 atom stereocenters. The highest BCUT2D eigenvalue weighted by molar-refractivity contribution is 6.33. The predicted octanol–water partition coefficient (Wildman–Crippen LogP) is 3.10. The third-order valence-electron chi connectivity index (χ3n) is 3.50. The first-order valence-electron chi connectivity index (χ1n) is 7.72. The molecule has 138 valence electrons. The zero-order valence-corrected chi connectivity index (χ0v) is 15.6. The molecule has 0 aliphatic carbocycles. The van der Waals surface area contributed by atoms with Gasteiger partial charge in [-0.25, -0.2) is 4.79 Å². The SMILES string of the molecule is COc1cc(N)c(Cl)cc1C(=O)OCC(=O)NCCc1cccc(Cl)c1. The molecule has 0 radical (unpaired) electrons. The van der Waals surface area contributed by atoms with Gasteiger partial charge in [-0.05, 0) is 30.2 Å². The zero-order chi connectivity index (χ0) is 19.1. The molecule has 2 aromatic carbocycles. The molecule has 8 heteroatoms. The molecule has 0 unspecified atom stereocenters. The number of rotatable bonds is 7. The van der Waals surface area contributed by atoms with Gasteiger partial charge in [-0.15, -0.1) is 0 Å². The summed E-state index contributed by atoms with van der Waals surface area (Å²) < 4.78 is 10.1. The Hall–Kier alpha value is -2.44. The first-order chi connectivity index (χ1) is 12.4. The van der Waals surface area contributed by atoms with Gasteiger partial charge in [0.05, 0.1) is 17.8 Å². The number of nitrogens with one attached hydrogen (secondary N) is 1. The van der Waals surface area contributed by atoms with Crippen molar-refractivity contribution in [3.8, 4) is 5.75 Å². The number of halogens is 2. The van der Waals surface area contributed by atoms with E-state index in [1.165, 1.54) is 19.2 Å². The van der Waals surface area contributed by atoms with Crippen LogP contribution in [0.1, 0.15) is 15.9 Å². The number of anilines is 1. The number of nitrogens with two attached hydrogens (primary N) is 1. The van der Waals surface area contributed by atoms with Crippen LogP contribution in [0.15, 0.2) is 36.4 Å². The van der Waals surface area contributed by atoms with Crippen molar-refractivity contribution in [2.24, 2.45) is 0 Å². The molecule has 0 spiro atoms. The van der Waals surface area contributed by atoms with Gasteiger partial charge in [-0.3, -0.25) is 4.79 Å². The van der Waals surface area contributed by atoms with Crippen LogP contribution in [-0.2, 0) is 16.0 Å². The second-order valence-electron chi connectivity index (χ2n) is 5.38. The van der Waals surface area contributed by atoms with E-state index in [4.69, 9.17) is 38.4 Å². The number of ether oxygens (including phenoxy) is 2. The number of carbonyl (C=O) groups is 2. The van der Waals surface area contributed by atoms with Gasteiger partial charge in [0.2, 0.25) is 0 Å². The van der Waals surface area contributed by atoms with Crippen LogP contribution in [0.3, 0.4) is 0 Å². The highest BCUT2D eigenvalue weighted by atomic mass is 35.5. The Morgan fingerprint density at radius 3 is 2.65 bits per heavy atom. The Morgan fingerprint density at radius 1 is 1.19 bits per heavy atom. The van der Waals surface area contributed by atoms with Gasteiger partial charge in [0.1, 0.15) is 11.3 Å². The topological polar surface area (TPSA) is 90.7 Å². The number of nitrogen functional groups attached to an aromatic ring is 1. The van der Waals surface area contributed by atoms with Crippen molar-refractivity contribution in [3.05, 3.63) is 57.6 Å². The summed E-state index contributed by atoms with van der Waals surface area (Å²) in [6, 6.07) is 10.1. The first-order valence-corrected chi connectivity index (χ1v) is 8.47. The summed E-state index contributed by atoms with van der Waals surface area (Å²) in [6.07, 6.45) is 0.613. The smallest absolute Gasteiger partial charge is 0.342 e. The van der Waals surface area contributed by atoms with Gasteiger partial charge >= 0.3 is 5.97 Å². The van der Waals surface area contributed by atoms with Gasteiger partial charge < -0.3 is 20.5 Å². The Morgan fingerprint density at radius 2 is 1.96 bits per heavy atom. The Labute approximate surface area is 161 Å². The fraction of sp³-hybridized carbons (Fsp3) is 0.222. The molecule has 0 aromatic heterocycles. The quantitative estimate of drug-likeness (QED) is 0.554.